The summed E-state index contributed by atoms with van der Waals surface area (Å²) < 4.78 is 0. The van der Waals surface area contributed by atoms with E-state index in [1.807, 2.05) is 0 Å². The van der Waals surface area contributed by atoms with Crippen LogP contribution < -0.4 is 27.4 Å². The molecule has 0 aliphatic rings. The monoisotopic (exact) mass is 417 g/mol. The molecule has 29 heavy (non-hydrogen) atoms. The Kier molecular flexibility index (Phi) is 10.3. The molecule has 4 atom stereocenters. The summed E-state index contributed by atoms with van der Waals surface area (Å²) in [6.45, 7) is 4.42. The second kappa shape index (κ2) is 11.6. The van der Waals surface area contributed by atoms with E-state index in [0.717, 1.165) is 0 Å². The number of carbonyl (C=O) groups excluding carboxylic acids is 4. The van der Waals surface area contributed by atoms with Gasteiger partial charge in [0.25, 0.3) is 0 Å². The zero-order valence-corrected chi connectivity index (χ0v) is 16.3. The SMILES string of the molecule is CC(N)C(=O)NC(CC(=O)O)C(=O)NC(C(=O)NC(CC(N)=O)C(=O)O)C(C)C. The van der Waals surface area contributed by atoms with E-state index < -0.39 is 78.5 Å². The molecule has 0 aliphatic carbocycles. The summed E-state index contributed by atoms with van der Waals surface area (Å²) in [5.74, 6) is -7.05. The van der Waals surface area contributed by atoms with Gasteiger partial charge < -0.3 is 37.6 Å². The van der Waals surface area contributed by atoms with Crippen LogP contribution >= 0.6 is 0 Å². The Bertz CT molecular complexity index is 664. The van der Waals surface area contributed by atoms with E-state index in [-0.39, 0.29) is 0 Å². The van der Waals surface area contributed by atoms with Crippen LogP contribution in [0.4, 0.5) is 0 Å². The van der Waals surface area contributed by atoms with Gasteiger partial charge in [-0.2, -0.15) is 0 Å². The second-order valence-corrected chi connectivity index (χ2v) is 6.75. The molecule has 13 nitrogen and oxygen atoms in total. The first-order valence-corrected chi connectivity index (χ1v) is 8.65. The van der Waals surface area contributed by atoms with Crippen LogP contribution in [0.15, 0.2) is 0 Å². The van der Waals surface area contributed by atoms with Crippen molar-refractivity contribution in [1.82, 2.24) is 16.0 Å². The highest BCUT2D eigenvalue weighted by Crippen LogP contribution is 2.05. The van der Waals surface area contributed by atoms with Crippen molar-refractivity contribution in [2.45, 2.75) is 57.8 Å². The average molecular weight is 417 g/mol. The predicted molar refractivity (Wildman–Crippen MR) is 98.0 cm³/mol. The van der Waals surface area contributed by atoms with Crippen molar-refractivity contribution in [3.8, 4) is 0 Å². The molecule has 0 radical (unpaired) electrons. The molecule has 0 aliphatic heterocycles. The number of carbonyl (C=O) groups is 6. The molecule has 0 spiro atoms. The van der Waals surface area contributed by atoms with Crippen LogP contribution in [0.25, 0.3) is 0 Å². The predicted octanol–water partition coefficient (Wildman–Crippen LogP) is -3.12. The summed E-state index contributed by atoms with van der Waals surface area (Å²) in [4.78, 5) is 69.7. The molecule has 0 rings (SSSR count). The van der Waals surface area contributed by atoms with Crippen LogP contribution in [-0.4, -0.2) is 69.9 Å². The lowest BCUT2D eigenvalue weighted by Gasteiger charge is -2.26. The number of amides is 4. The first-order valence-electron chi connectivity index (χ1n) is 8.65. The molecule has 0 saturated carbocycles. The highest BCUT2D eigenvalue weighted by molar-refractivity contribution is 5.96. The number of hydrogen-bond donors (Lipinski definition) is 7. The van der Waals surface area contributed by atoms with E-state index in [2.05, 4.69) is 16.0 Å². The van der Waals surface area contributed by atoms with Gasteiger partial charge in [-0.15, -0.1) is 0 Å². The molecule has 4 unspecified atom stereocenters. The minimum Gasteiger partial charge on any atom is -0.481 e. The minimum atomic E-state index is -1.61. The molecule has 0 aromatic heterocycles. The molecule has 13 heteroatoms. The largest absolute Gasteiger partial charge is 0.481 e. The van der Waals surface area contributed by atoms with Crippen molar-refractivity contribution in [3.63, 3.8) is 0 Å². The van der Waals surface area contributed by atoms with Gasteiger partial charge in [0.2, 0.25) is 23.6 Å². The molecule has 0 aromatic rings. The third-order valence-corrected chi connectivity index (χ3v) is 3.69. The van der Waals surface area contributed by atoms with Gasteiger partial charge in [-0.05, 0) is 12.8 Å². The quantitative estimate of drug-likeness (QED) is 0.170. The lowest BCUT2D eigenvalue weighted by Crippen LogP contribution is -2.58. The molecule has 0 saturated heterocycles. The Hall–Kier alpha value is -3.22. The molecule has 164 valence electrons. The summed E-state index contributed by atoms with van der Waals surface area (Å²) in [5.41, 5.74) is 10.3. The normalized spacial score (nSPS) is 14.8. The van der Waals surface area contributed by atoms with Crippen LogP contribution in [0.3, 0.4) is 0 Å². The van der Waals surface area contributed by atoms with Crippen molar-refractivity contribution in [2.24, 2.45) is 17.4 Å². The van der Waals surface area contributed by atoms with E-state index in [4.69, 9.17) is 21.7 Å². The fraction of sp³-hybridized carbons (Fsp3) is 0.625. The van der Waals surface area contributed by atoms with Crippen molar-refractivity contribution >= 4 is 35.6 Å². The summed E-state index contributed by atoms with van der Waals surface area (Å²) in [6, 6.07) is -5.40. The highest BCUT2D eigenvalue weighted by Gasteiger charge is 2.32. The number of rotatable bonds is 12. The highest BCUT2D eigenvalue weighted by atomic mass is 16.4. The number of carboxylic acids is 2. The number of nitrogens with two attached hydrogens (primary N) is 2. The second-order valence-electron chi connectivity index (χ2n) is 6.75. The van der Waals surface area contributed by atoms with Crippen molar-refractivity contribution in [1.29, 1.82) is 0 Å². The molecule has 0 aromatic carbocycles. The first kappa shape index (κ1) is 25.8. The Labute approximate surface area is 166 Å². The van der Waals surface area contributed by atoms with Crippen LogP contribution in [0.2, 0.25) is 0 Å². The smallest absolute Gasteiger partial charge is 0.326 e. The topological polar surface area (TPSA) is 231 Å². The number of carboxylic acid groups (broad SMARTS) is 2. The fourth-order valence-electron chi connectivity index (χ4n) is 2.14. The zero-order chi connectivity index (χ0) is 22.9. The van der Waals surface area contributed by atoms with Crippen molar-refractivity contribution < 1.29 is 39.0 Å². The van der Waals surface area contributed by atoms with Crippen molar-refractivity contribution in [2.75, 3.05) is 0 Å². The maximum Gasteiger partial charge on any atom is 0.326 e. The Morgan fingerprint density at radius 2 is 1.31 bits per heavy atom. The molecule has 0 heterocycles. The van der Waals surface area contributed by atoms with Gasteiger partial charge >= 0.3 is 11.9 Å². The summed E-state index contributed by atoms with van der Waals surface area (Å²) in [7, 11) is 0. The van der Waals surface area contributed by atoms with Crippen LogP contribution in [0.1, 0.15) is 33.6 Å². The van der Waals surface area contributed by atoms with Gasteiger partial charge in [0.1, 0.15) is 18.1 Å². The molecule has 0 fully saturated rings. The Balaban J connectivity index is 5.39. The third kappa shape index (κ3) is 9.51. The molecule has 4 amide bonds. The van der Waals surface area contributed by atoms with E-state index in [1.54, 1.807) is 13.8 Å². The summed E-state index contributed by atoms with van der Waals surface area (Å²) >= 11 is 0. The van der Waals surface area contributed by atoms with Gasteiger partial charge in [0, 0.05) is 0 Å². The molecule has 9 N–H and O–H groups in total. The molecule has 0 bridgehead atoms. The minimum absolute atomic E-state index is 0.545. The standard InChI is InChI=1S/C16H27N5O8/c1-6(2)12(15(27)20-9(16(28)29)4-10(18)22)21-14(26)8(5-11(23)24)19-13(25)7(3)17/h6-9,12H,4-5,17H2,1-3H3,(H2,18,22)(H,19,25)(H,20,27)(H,21,26)(H,23,24)(H,28,29). The lowest BCUT2D eigenvalue weighted by molar-refractivity contribution is -0.144. The Morgan fingerprint density at radius 3 is 1.69 bits per heavy atom. The van der Waals surface area contributed by atoms with E-state index >= 15 is 0 Å². The van der Waals surface area contributed by atoms with Gasteiger partial charge in [-0.3, -0.25) is 24.0 Å². The van der Waals surface area contributed by atoms with Crippen LogP contribution in [0.5, 0.6) is 0 Å². The third-order valence-electron chi connectivity index (χ3n) is 3.69. The van der Waals surface area contributed by atoms with E-state index in [9.17, 15) is 28.8 Å². The summed E-state index contributed by atoms with van der Waals surface area (Å²) in [5, 5.41) is 24.6. The van der Waals surface area contributed by atoms with Crippen LogP contribution in [0, 0.1) is 5.92 Å². The number of hydrogen-bond acceptors (Lipinski definition) is 7. The van der Waals surface area contributed by atoms with Gasteiger partial charge in [-0.25, -0.2) is 4.79 Å². The average Bonchev–Trinajstić information content (AvgIpc) is 2.56. The maximum absolute atomic E-state index is 12.5. The molecular formula is C16H27N5O8. The van der Waals surface area contributed by atoms with E-state index in [0.29, 0.717) is 0 Å². The van der Waals surface area contributed by atoms with Crippen LogP contribution in [-0.2, 0) is 28.8 Å². The van der Waals surface area contributed by atoms with Crippen molar-refractivity contribution in [3.05, 3.63) is 0 Å². The van der Waals surface area contributed by atoms with E-state index in [1.165, 1.54) is 6.92 Å². The van der Waals surface area contributed by atoms with Gasteiger partial charge in [0.05, 0.1) is 18.9 Å². The fourth-order valence-corrected chi connectivity index (χ4v) is 2.14. The summed E-state index contributed by atoms with van der Waals surface area (Å²) in [6.07, 6.45) is -1.43. The lowest BCUT2D eigenvalue weighted by atomic mass is 10.0. The molecular weight excluding hydrogens is 390 g/mol. The van der Waals surface area contributed by atoms with Gasteiger partial charge in [-0.1, -0.05) is 13.8 Å². The Morgan fingerprint density at radius 1 is 0.793 bits per heavy atom. The van der Waals surface area contributed by atoms with Gasteiger partial charge in [0.15, 0.2) is 0 Å². The zero-order valence-electron chi connectivity index (χ0n) is 16.3. The number of primary amides is 1. The first-order chi connectivity index (χ1) is 13.3. The number of aliphatic carboxylic acids is 2. The maximum atomic E-state index is 12.5. The number of nitrogens with one attached hydrogen (secondary N) is 3.